The number of hydrogen-bond donors (Lipinski definition) is 1. The molecule has 0 aliphatic carbocycles. The van der Waals surface area contributed by atoms with E-state index in [-0.39, 0.29) is 11.6 Å². The van der Waals surface area contributed by atoms with Crippen molar-refractivity contribution in [2.45, 2.75) is 25.7 Å². The van der Waals surface area contributed by atoms with E-state index in [1.165, 1.54) is 7.11 Å². The molecular weight excluding hydrogens is 233 g/mol. The first kappa shape index (κ1) is 13.1. The normalized spacial score (nSPS) is 16.7. The number of rotatable bonds is 3. The van der Waals surface area contributed by atoms with Crippen molar-refractivity contribution >= 4 is 0 Å². The lowest BCUT2D eigenvalue weighted by molar-refractivity contribution is 0.328. The Bertz CT molecular complexity index is 428. The summed E-state index contributed by atoms with van der Waals surface area (Å²) in [4.78, 5) is 0. The van der Waals surface area contributed by atoms with Crippen LogP contribution in [0.5, 0.6) is 11.5 Å². The zero-order chi connectivity index (χ0) is 13.1. The molecule has 1 saturated heterocycles. The minimum absolute atomic E-state index is 0.219. The second-order valence-corrected chi connectivity index (χ2v) is 4.68. The van der Waals surface area contributed by atoms with E-state index in [0.29, 0.717) is 11.7 Å². The molecule has 18 heavy (non-hydrogen) atoms. The molecule has 0 atom stereocenters. The maximum absolute atomic E-state index is 13.8. The van der Waals surface area contributed by atoms with E-state index >= 15 is 0 Å². The SMILES string of the molecule is COc1c(F)cc(C)c(C2CCNCC2)c1OC. The average molecular weight is 253 g/mol. The molecule has 1 heterocycles. The Morgan fingerprint density at radius 1 is 1.17 bits per heavy atom. The van der Waals surface area contributed by atoms with Gasteiger partial charge in [0.15, 0.2) is 17.3 Å². The number of piperidine rings is 1. The van der Waals surface area contributed by atoms with Gasteiger partial charge in [0.05, 0.1) is 14.2 Å². The second kappa shape index (κ2) is 5.57. The fourth-order valence-corrected chi connectivity index (χ4v) is 2.75. The number of hydrogen-bond acceptors (Lipinski definition) is 3. The van der Waals surface area contributed by atoms with Gasteiger partial charge in [0.1, 0.15) is 0 Å². The summed E-state index contributed by atoms with van der Waals surface area (Å²) in [7, 11) is 3.05. The minimum atomic E-state index is -0.357. The van der Waals surface area contributed by atoms with Gasteiger partial charge in [-0.1, -0.05) is 0 Å². The Kier molecular flexibility index (Phi) is 4.07. The molecular formula is C14H20FNO2. The van der Waals surface area contributed by atoms with Crippen LogP contribution in [-0.4, -0.2) is 27.3 Å². The van der Waals surface area contributed by atoms with Gasteiger partial charge < -0.3 is 14.8 Å². The predicted octanol–water partition coefficient (Wildman–Crippen LogP) is 2.62. The Morgan fingerprint density at radius 3 is 2.33 bits per heavy atom. The molecule has 0 amide bonds. The van der Waals surface area contributed by atoms with Gasteiger partial charge in [0.25, 0.3) is 0 Å². The predicted molar refractivity (Wildman–Crippen MR) is 69.1 cm³/mol. The largest absolute Gasteiger partial charge is 0.492 e. The summed E-state index contributed by atoms with van der Waals surface area (Å²) in [6.45, 7) is 3.92. The lowest BCUT2D eigenvalue weighted by atomic mass is 9.86. The molecule has 2 rings (SSSR count). The number of methoxy groups -OCH3 is 2. The van der Waals surface area contributed by atoms with Crippen LogP contribution in [0.15, 0.2) is 6.07 Å². The maximum atomic E-state index is 13.8. The van der Waals surface area contributed by atoms with Crippen molar-refractivity contribution < 1.29 is 13.9 Å². The smallest absolute Gasteiger partial charge is 0.197 e. The fraction of sp³-hybridized carbons (Fsp3) is 0.571. The molecule has 4 heteroatoms. The second-order valence-electron chi connectivity index (χ2n) is 4.68. The topological polar surface area (TPSA) is 30.5 Å². The highest BCUT2D eigenvalue weighted by Crippen LogP contribution is 2.42. The summed E-state index contributed by atoms with van der Waals surface area (Å²) >= 11 is 0. The number of aryl methyl sites for hydroxylation is 1. The zero-order valence-electron chi connectivity index (χ0n) is 11.2. The van der Waals surface area contributed by atoms with Crippen molar-refractivity contribution in [3.8, 4) is 11.5 Å². The first-order valence-corrected chi connectivity index (χ1v) is 6.30. The summed E-state index contributed by atoms with van der Waals surface area (Å²) in [5, 5.41) is 3.34. The Hall–Kier alpha value is -1.29. The van der Waals surface area contributed by atoms with E-state index in [0.717, 1.165) is 37.1 Å². The van der Waals surface area contributed by atoms with E-state index in [1.54, 1.807) is 13.2 Å². The van der Waals surface area contributed by atoms with Crippen LogP contribution in [0.3, 0.4) is 0 Å². The van der Waals surface area contributed by atoms with Crippen LogP contribution in [-0.2, 0) is 0 Å². The monoisotopic (exact) mass is 253 g/mol. The molecule has 1 aliphatic rings. The van der Waals surface area contributed by atoms with Crippen LogP contribution in [0, 0.1) is 12.7 Å². The highest BCUT2D eigenvalue weighted by molar-refractivity contribution is 5.53. The minimum Gasteiger partial charge on any atom is -0.492 e. The van der Waals surface area contributed by atoms with Gasteiger partial charge in [-0.25, -0.2) is 4.39 Å². The van der Waals surface area contributed by atoms with E-state index in [4.69, 9.17) is 9.47 Å². The summed E-state index contributed by atoms with van der Waals surface area (Å²) in [5.74, 6) is 0.832. The number of ether oxygens (including phenoxy) is 2. The van der Waals surface area contributed by atoms with E-state index < -0.39 is 0 Å². The summed E-state index contributed by atoms with van der Waals surface area (Å²) in [5.41, 5.74) is 2.04. The van der Waals surface area contributed by atoms with Gasteiger partial charge in [-0.3, -0.25) is 0 Å². The molecule has 3 nitrogen and oxygen atoms in total. The van der Waals surface area contributed by atoms with Crippen molar-refractivity contribution in [3.63, 3.8) is 0 Å². The number of nitrogens with one attached hydrogen (secondary N) is 1. The van der Waals surface area contributed by atoms with Gasteiger partial charge in [0.2, 0.25) is 0 Å². The van der Waals surface area contributed by atoms with Crippen molar-refractivity contribution in [1.82, 2.24) is 5.32 Å². The summed E-state index contributed by atoms with van der Waals surface area (Å²) < 4.78 is 24.4. The van der Waals surface area contributed by atoms with Crippen molar-refractivity contribution in [3.05, 3.63) is 23.0 Å². The molecule has 1 aromatic carbocycles. The van der Waals surface area contributed by atoms with Crippen molar-refractivity contribution in [2.24, 2.45) is 0 Å². The molecule has 1 aliphatic heterocycles. The summed E-state index contributed by atoms with van der Waals surface area (Å²) in [6.07, 6.45) is 2.10. The van der Waals surface area contributed by atoms with E-state index in [2.05, 4.69) is 5.32 Å². The standard InChI is InChI=1S/C14H20FNO2/c1-9-8-11(15)13(17-2)14(18-3)12(9)10-4-6-16-7-5-10/h8,10,16H,4-7H2,1-3H3. The zero-order valence-corrected chi connectivity index (χ0v) is 11.2. The van der Waals surface area contributed by atoms with Crippen LogP contribution in [0.4, 0.5) is 4.39 Å². The lowest BCUT2D eigenvalue weighted by Gasteiger charge is -2.27. The molecule has 0 unspecified atom stereocenters. The third kappa shape index (κ3) is 2.29. The highest BCUT2D eigenvalue weighted by Gasteiger charge is 2.25. The number of benzene rings is 1. The van der Waals surface area contributed by atoms with Crippen molar-refractivity contribution in [2.75, 3.05) is 27.3 Å². The first-order chi connectivity index (χ1) is 8.69. The van der Waals surface area contributed by atoms with Crippen LogP contribution in [0.2, 0.25) is 0 Å². The van der Waals surface area contributed by atoms with Gasteiger partial charge in [-0.2, -0.15) is 0 Å². The first-order valence-electron chi connectivity index (χ1n) is 6.30. The fourth-order valence-electron chi connectivity index (χ4n) is 2.75. The van der Waals surface area contributed by atoms with Crippen LogP contribution >= 0.6 is 0 Å². The molecule has 0 spiro atoms. The molecule has 1 aromatic rings. The van der Waals surface area contributed by atoms with E-state index in [1.807, 2.05) is 6.92 Å². The molecule has 0 radical (unpaired) electrons. The maximum Gasteiger partial charge on any atom is 0.197 e. The van der Waals surface area contributed by atoms with Crippen LogP contribution in [0.1, 0.15) is 29.9 Å². The van der Waals surface area contributed by atoms with Gasteiger partial charge in [-0.15, -0.1) is 0 Å². The van der Waals surface area contributed by atoms with Gasteiger partial charge in [-0.05, 0) is 50.4 Å². The molecule has 100 valence electrons. The molecule has 0 aromatic heterocycles. The average Bonchev–Trinajstić information content (AvgIpc) is 2.38. The van der Waals surface area contributed by atoms with Crippen molar-refractivity contribution in [1.29, 1.82) is 0 Å². The van der Waals surface area contributed by atoms with Gasteiger partial charge >= 0.3 is 0 Å². The molecule has 0 bridgehead atoms. The molecule has 1 N–H and O–H groups in total. The quantitative estimate of drug-likeness (QED) is 0.898. The molecule has 1 fully saturated rings. The molecule has 0 saturated carbocycles. The van der Waals surface area contributed by atoms with E-state index in [9.17, 15) is 4.39 Å². The third-order valence-corrected chi connectivity index (χ3v) is 3.59. The Balaban J connectivity index is 2.49. The Labute approximate surface area is 107 Å². The van der Waals surface area contributed by atoms with Gasteiger partial charge in [0, 0.05) is 5.56 Å². The Morgan fingerprint density at radius 2 is 1.78 bits per heavy atom. The highest BCUT2D eigenvalue weighted by atomic mass is 19.1. The number of halogens is 1. The third-order valence-electron chi connectivity index (χ3n) is 3.59. The lowest BCUT2D eigenvalue weighted by Crippen LogP contribution is -2.27. The summed E-state index contributed by atoms with van der Waals surface area (Å²) in [6, 6.07) is 1.54. The van der Waals surface area contributed by atoms with Crippen LogP contribution < -0.4 is 14.8 Å². The van der Waals surface area contributed by atoms with Crippen LogP contribution in [0.25, 0.3) is 0 Å².